The number of carbonyl (C=O) groups excluding carboxylic acids is 1. The number of hydrogen-bond acceptors (Lipinski definition) is 3. The maximum absolute atomic E-state index is 11.8. The van der Waals surface area contributed by atoms with Gasteiger partial charge in [-0.05, 0) is 39.7 Å². The van der Waals surface area contributed by atoms with Crippen molar-refractivity contribution in [3.8, 4) is 0 Å². The third-order valence-corrected chi connectivity index (χ3v) is 3.25. The molecule has 1 rings (SSSR count). The summed E-state index contributed by atoms with van der Waals surface area (Å²) in [7, 11) is 0. The molecule has 0 saturated heterocycles. The van der Waals surface area contributed by atoms with Gasteiger partial charge in [0.2, 0.25) is 5.91 Å². The lowest BCUT2D eigenvalue weighted by Crippen LogP contribution is -2.47. The molecule has 1 aliphatic rings. The molecule has 0 aromatic heterocycles. The molecule has 3 N–H and O–H groups in total. The van der Waals surface area contributed by atoms with Gasteiger partial charge in [-0.1, -0.05) is 6.92 Å². The van der Waals surface area contributed by atoms with Crippen LogP contribution in [-0.2, 0) is 4.79 Å². The summed E-state index contributed by atoms with van der Waals surface area (Å²) in [6.07, 6.45) is 3.91. The van der Waals surface area contributed by atoms with Gasteiger partial charge in [-0.25, -0.2) is 0 Å². The number of hydrogen-bond donors (Lipinski definition) is 2. The summed E-state index contributed by atoms with van der Waals surface area (Å²) >= 11 is 0. The van der Waals surface area contributed by atoms with Crippen LogP contribution in [0.3, 0.4) is 0 Å². The van der Waals surface area contributed by atoms with E-state index >= 15 is 0 Å². The Bertz CT molecular complexity index is 239. The standard InChI is InChI=1S/C13H27N3O/c1-4-7-16(10(2)3)12(9-14)8-13(17)15-11-5-6-11/h10-12H,4-9,14H2,1-3H3,(H,15,17). The molecule has 4 heteroatoms. The summed E-state index contributed by atoms with van der Waals surface area (Å²) in [4.78, 5) is 14.1. The lowest BCUT2D eigenvalue weighted by Gasteiger charge is -2.33. The van der Waals surface area contributed by atoms with Crippen molar-refractivity contribution >= 4 is 5.91 Å². The Labute approximate surface area is 105 Å². The highest BCUT2D eigenvalue weighted by Crippen LogP contribution is 2.19. The van der Waals surface area contributed by atoms with E-state index in [4.69, 9.17) is 5.73 Å². The smallest absolute Gasteiger partial charge is 0.221 e. The molecule has 0 heterocycles. The summed E-state index contributed by atoms with van der Waals surface area (Å²) in [6.45, 7) is 8.05. The van der Waals surface area contributed by atoms with Crippen molar-refractivity contribution in [1.29, 1.82) is 0 Å². The number of amides is 1. The van der Waals surface area contributed by atoms with Crippen LogP contribution in [0.4, 0.5) is 0 Å². The predicted octanol–water partition coefficient (Wildman–Crippen LogP) is 1.10. The van der Waals surface area contributed by atoms with Gasteiger partial charge >= 0.3 is 0 Å². The van der Waals surface area contributed by atoms with Crippen molar-refractivity contribution < 1.29 is 4.79 Å². The molecule has 0 aliphatic heterocycles. The molecule has 0 aromatic rings. The Kier molecular flexibility index (Phi) is 5.92. The SMILES string of the molecule is CCCN(C(C)C)C(CN)CC(=O)NC1CC1. The van der Waals surface area contributed by atoms with Crippen LogP contribution in [0.25, 0.3) is 0 Å². The molecule has 0 bridgehead atoms. The van der Waals surface area contributed by atoms with E-state index < -0.39 is 0 Å². The van der Waals surface area contributed by atoms with Gasteiger partial charge in [-0.2, -0.15) is 0 Å². The quantitative estimate of drug-likeness (QED) is 0.669. The van der Waals surface area contributed by atoms with Gasteiger partial charge in [0.15, 0.2) is 0 Å². The van der Waals surface area contributed by atoms with Gasteiger partial charge in [0.1, 0.15) is 0 Å². The Morgan fingerprint density at radius 3 is 2.53 bits per heavy atom. The summed E-state index contributed by atoms with van der Waals surface area (Å²) in [6, 6.07) is 1.06. The maximum Gasteiger partial charge on any atom is 0.221 e. The van der Waals surface area contributed by atoms with E-state index in [-0.39, 0.29) is 11.9 Å². The Morgan fingerprint density at radius 1 is 1.47 bits per heavy atom. The molecular weight excluding hydrogens is 214 g/mol. The van der Waals surface area contributed by atoms with E-state index in [0.29, 0.717) is 25.0 Å². The van der Waals surface area contributed by atoms with Crippen LogP contribution in [0.5, 0.6) is 0 Å². The summed E-state index contributed by atoms with van der Waals surface area (Å²) in [5.74, 6) is 0.157. The van der Waals surface area contributed by atoms with Gasteiger partial charge in [0.05, 0.1) is 0 Å². The maximum atomic E-state index is 11.8. The molecule has 1 fully saturated rings. The van der Waals surface area contributed by atoms with Gasteiger partial charge in [-0.15, -0.1) is 0 Å². The Morgan fingerprint density at radius 2 is 2.12 bits per heavy atom. The average molecular weight is 241 g/mol. The fraction of sp³-hybridized carbons (Fsp3) is 0.923. The first-order valence-corrected chi connectivity index (χ1v) is 6.83. The molecule has 17 heavy (non-hydrogen) atoms. The highest BCUT2D eigenvalue weighted by Gasteiger charge is 2.26. The van der Waals surface area contributed by atoms with E-state index in [1.807, 2.05) is 0 Å². The fourth-order valence-electron chi connectivity index (χ4n) is 2.18. The number of nitrogens with one attached hydrogen (secondary N) is 1. The first kappa shape index (κ1) is 14.5. The zero-order chi connectivity index (χ0) is 12.8. The second kappa shape index (κ2) is 6.97. The lowest BCUT2D eigenvalue weighted by molar-refractivity contribution is -0.122. The predicted molar refractivity (Wildman–Crippen MR) is 70.8 cm³/mol. The van der Waals surface area contributed by atoms with E-state index in [0.717, 1.165) is 25.8 Å². The van der Waals surface area contributed by atoms with Crippen molar-refractivity contribution in [2.45, 2.75) is 64.6 Å². The molecule has 0 spiro atoms. The van der Waals surface area contributed by atoms with Crippen molar-refractivity contribution in [2.24, 2.45) is 5.73 Å². The first-order valence-electron chi connectivity index (χ1n) is 6.83. The zero-order valence-corrected chi connectivity index (χ0v) is 11.4. The van der Waals surface area contributed by atoms with Crippen LogP contribution in [0.2, 0.25) is 0 Å². The minimum atomic E-state index is 0.157. The second-order valence-corrected chi connectivity index (χ2v) is 5.27. The summed E-state index contributed by atoms with van der Waals surface area (Å²) in [5, 5.41) is 3.03. The van der Waals surface area contributed by atoms with Gasteiger partial charge < -0.3 is 11.1 Å². The molecular formula is C13H27N3O. The van der Waals surface area contributed by atoms with Crippen LogP contribution < -0.4 is 11.1 Å². The largest absolute Gasteiger partial charge is 0.353 e. The third-order valence-electron chi connectivity index (χ3n) is 3.25. The van der Waals surface area contributed by atoms with Crippen LogP contribution in [0, 0.1) is 0 Å². The van der Waals surface area contributed by atoms with E-state index in [9.17, 15) is 4.79 Å². The summed E-state index contributed by atoms with van der Waals surface area (Å²) < 4.78 is 0. The average Bonchev–Trinajstić information content (AvgIpc) is 3.06. The molecule has 1 amide bonds. The van der Waals surface area contributed by atoms with E-state index in [1.165, 1.54) is 0 Å². The van der Waals surface area contributed by atoms with Crippen LogP contribution in [0.15, 0.2) is 0 Å². The number of nitrogens with zero attached hydrogens (tertiary/aromatic N) is 1. The van der Waals surface area contributed by atoms with Crippen molar-refractivity contribution in [3.63, 3.8) is 0 Å². The topological polar surface area (TPSA) is 58.4 Å². The monoisotopic (exact) mass is 241 g/mol. The summed E-state index contributed by atoms with van der Waals surface area (Å²) in [5.41, 5.74) is 5.81. The van der Waals surface area contributed by atoms with Crippen molar-refractivity contribution in [1.82, 2.24) is 10.2 Å². The minimum absolute atomic E-state index is 0.157. The minimum Gasteiger partial charge on any atom is -0.353 e. The molecule has 4 nitrogen and oxygen atoms in total. The van der Waals surface area contributed by atoms with Crippen LogP contribution in [-0.4, -0.2) is 42.0 Å². The van der Waals surface area contributed by atoms with Crippen molar-refractivity contribution in [2.75, 3.05) is 13.1 Å². The third kappa shape index (κ3) is 5.04. The fourth-order valence-corrected chi connectivity index (χ4v) is 2.18. The number of carbonyl (C=O) groups is 1. The molecule has 0 aromatic carbocycles. The van der Waals surface area contributed by atoms with Gasteiger partial charge in [-0.3, -0.25) is 9.69 Å². The number of nitrogens with two attached hydrogens (primary N) is 1. The second-order valence-electron chi connectivity index (χ2n) is 5.27. The molecule has 100 valence electrons. The van der Waals surface area contributed by atoms with Gasteiger partial charge in [0.25, 0.3) is 0 Å². The molecule has 1 atom stereocenters. The van der Waals surface area contributed by atoms with E-state index in [1.54, 1.807) is 0 Å². The molecule has 1 unspecified atom stereocenters. The first-order chi connectivity index (χ1) is 8.08. The highest BCUT2D eigenvalue weighted by atomic mass is 16.1. The van der Waals surface area contributed by atoms with Crippen molar-refractivity contribution in [3.05, 3.63) is 0 Å². The Hall–Kier alpha value is -0.610. The molecule has 0 radical (unpaired) electrons. The molecule has 1 saturated carbocycles. The normalized spacial score (nSPS) is 17.5. The van der Waals surface area contributed by atoms with E-state index in [2.05, 4.69) is 31.0 Å². The lowest BCUT2D eigenvalue weighted by atomic mass is 10.1. The zero-order valence-electron chi connectivity index (χ0n) is 11.4. The number of rotatable bonds is 8. The van der Waals surface area contributed by atoms with Crippen LogP contribution in [0.1, 0.15) is 46.5 Å². The van der Waals surface area contributed by atoms with Crippen LogP contribution >= 0.6 is 0 Å². The highest BCUT2D eigenvalue weighted by molar-refractivity contribution is 5.77. The Balaban J connectivity index is 2.44. The molecule has 1 aliphatic carbocycles. The van der Waals surface area contributed by atoms with Gasteiger partial charge in [0, 0.05) is 31.1 Å².